The summed E-state index contributed by atoms with van der Waals surface area (Å²) in [6, 6.07) is 8.38. The Kier molecular flexibility index (Phi) is 3.23. The van der Waals surface area contributed by atoms with E-state index >= 15 is 0 Å². The fourth-order valence-electron chi connectivity index (χ4n) is 3.34. The third-order valence-corrected chi connectivity index (χ3v) is 5.66. The van der Waals surface area contributed by atoms with Crippen LogP contribution in [0.4, 0.5) is 5.13 Å². The summed E-state index contributed by atoms with van der Waals surface area (Å²) in [6.07, 6.45) is 5.59. The lowest BCUT2D eigenvalue weighted by atomic mass is 9.87. The van der Waals surface area contributed by atoms with Crippen molar-refractivity contribution in [3.63, 3.8) is 0 Å². The molecule has 0 bridgehead atoms. The van der Waals surface area contributed by atoms with Gasteiger partial charge in [-0.25, -0.2) is 4.98 Å². The van der Waals surface area contributed by atoms with E-state index in [4.69, 9.17) is 9.72 Å². The van der Waals surface area contributed by atoms with Gasteiger partial charge < -0.3 is 9.64 Å². The summed E-state index contributed by atoms with van der Waals surface area (Å²) in [6.45, 7) is 5.17. The maximum absolute atomic E-state index is 6.10. The normalized spacial score (nSPS) is 21.8. The molecule has 1 fully saturated rings. The van der Waals surface area contributed by atoms with Gasteiger partial charge in [0.25, 0.3) is 0 Å². The highest BCUT2D eigenvalue weighted by Gasteiger charge is 2.36. The number of para-hydroxylation sites is 1. The molecule has 2 aliphatic heterocycles. The van der Waals surface area contributed by atoms with E-state index in [1.165, 1.54) is 10.3 Å². The lowest BCUT2D eigenvalue weighted by molar-refractivity contribution is -0.0325. The lowest BCUT2D eigenvalue weighted by Gasteiger charge is -2.42. The van der Waals surface area contributed by atoms with Crippen LogP contribution in [0.1, 0.15) is 26.2 Å². The predicted octanol–water partition coefficient (Wildman–Crippen LogP) is 4.00. The van der Waals surface area contributed by atoms with E-state index in [1.807, 2.05) is 0 Å². The molecule has 0 saturated carbocycles. The maximum Gasteiger partial charge on any atom is 0.186 e. The summed E-state index contributed by atoms with van der Waals surface area (Å²) >= 11 is 1.80. The minimum atomic E-state index is -0.00445. The van der Waals surface area contributed by atoms with Crippen molar-refractivity contribution in [3.8, 4) is 0 Å². The second-order valence-electron chi connectivity index (χ2n) is 6.11. The minimum absolute atomic E-state index is 0.00445. The first kappa shape index (κ1) is 13.3. The summed E-state index contributed by atoms with van der Waals surface area (Å²) in [5.74, 6) is 0. The first-order chi connectivity index (χ1) is 10.2. The number of benzene rings is 1. The summed E-state index contributed by atoms with van der Waals surface area (Å²) in [7, 11) is 0. The Morgan fingerprint density at radius 3 is 2.81 bits per heavy atom. The van der Waals surface area contributed by atoms with Crippen LogP contribution in [0.25, 0.3) is 10.2 Å². The fourth-order valence-corrected chi connectivity index (χ4v) is 4.36. The second-order valence-corrected chi connectivity index (χ2v) is 7.11. The van der Waals surface area contributed by atoms with E-state index in [1.54, 1.807) is 11.3 Å². The zero-order valence-electron chi connectivity index (χ0n) is 12.3. The van der Waals surface area contributed by atoms with Gasteiger partial charge in [0.1, 0.15) is 0 Å². The molecule has 3 heterocycles. The van der Waals surface area contributed by atoms with Crippen LogP contribution in [0.5, 0.6) is 0 Å². The van der Waals surface area contributed by atoms with E-state index in [0.29, 0.717) is 0 Å². The second kappa shape index (κ2) is 5.11. The van der Waals surface area contributed by atoms with Crippen molar-refractivity contribution in [1.82, 2.24) is 4.98 Å². The molecule has 1 saturated heterocycles. The van der Waals surface area contributed by atoms with E-state index < -0.39 is 0 Å². The lowest BCUT2D eigenvalue weighted by Crippen LogP contribution is -2.46. The van der Waals surface area contributed by atoms with Crippen molar-refractivity contribution in [2.45, 2.75) is 31.8 Å². The standard InChI is InChI=1S/C17H20N2OS/c1-13-6-11-20-17(12-13)7-9-19(10-8-17)16-18-14-4-2-3-5-15(14)21-16/h2-5,12H,6-11H2,1H3. The monoisotopic (exact) mass is 300 g/mol. The number of hydrogen-bond acceptors (Lipinski definition) is 4. The molecular weight excluding hydrogens is 280 g/mol. The van der Waals surface area contributed by atoms with Gasteiger partial charge in [-0.15, -0.1) is 0 Å². The number of aromatic nitrogens is 1. The minimum Gasteiger partial charge on any atom is -0.370 e. The third kappa shape index (κ3) is 2.47. The van der Waals surface area contributed by atoms with E-state index in [0.717, 1.165) is 49.6 Å². The van der Waals surface area contributed by atoms with Crippen LogP contribution in [0.3, 0.4) is 0 Å². The molecule has 3 nitrogen and oxygen atoms in total. The van der Waals surface area contributed by atoms with Crippen LogP contribution in [-0.4, -0.2) is 30.3 Å². The van der Waals surface area contributed by atoms with Gasteiger partial charge in [-0.05, 0) is 38.3 Å². The Balaban J connectivity index is 1.53. The first-order valence-corrected chi connectivity index (χ1v) is 8.49. The van der Waals surface area contributed by atoms with Gasteiger partial charge in [-0.3, -0.25) is 0 Å². The Bertz CT molecular complexity index is 650. The number of anilines is 1. The summed E-state index contributed by atoms with van der Waals surface area (Å²) in [5.41, 5.74) is 2.59. The first-order valence-electron chi connectivity index (χ1n) is 7.67. The number of nitrogens with zero attached hydrogens (tertiary/aromatic N) is 2. The molecule has 0 amide bonds. The van der Waals surface area contributed by atoms with Crippen molar-refractivity contribution in [3.05, 3.63) is 35.9 Å². The van der Waals surface area contributed by atoms with Crippen LogP contribution < -0.4 is 4.90 Å². The summed E-state index contributed by atoms with van der Waals surface area (Å²) in [4.78, 5) is 7.19. The number of rotatable bonds is 1. The quantitative estimate of drug-likeness (QED) is 0.744. The van der Waals surface area contributed by atoms with Crippen LogP contribution in [0.2, 0.25) is 0 Å². The summed E-state index contributed by atoms with van der Waals surface area (Å²) < 4.78 is 7.38. The number of fused-ring (bicyclic) bond motifs is 1. The number of thiazole rings is 1. The SMILES string of the molecule is CC1=CC2(CCN(c3nc4ccccc4s3)CC2)OCC1. The zero-order valence-corrected chi connectivity index (χ0v) is 13.2. The van der Waals surface area contributed by atoms with E-state index in [9.17, 15) is 0 Å². The average molecular weight is 300 g/mol. The van der Waals surface area contributed by atoms with Gasteiger partial charge >= 0.3 is 0 Å². The molecule has 1 spiro atoms. The Labute approximate surface area is 129 Å². The van der Waals surface area contributed by atoms with Crippen LogP contribution >= 0.6 is 11.3 Å². The molecule has 2 aromatic rings. The molecule has 21 heavy (non-hydrogen) atoms. The van der Waals surface area contributed by atoms with Crippen molar-refractivity contribution in [2.75, 3.05) is 24.6 Å². The van der Waals surface area contributed by atoms with Crippen molar-refractivity contribution < 1.29 is 4.74 Å². The van der Waals surface area contributed by atoms with Crippen molar-refractivity contribution >= 4 is 26.7 Å². The number of ether oxygens (including phenoxy) is 1. The van der Waals surface area contributed by atoms with Gasteiger partial charge in [0.15, 0.2) is 5.13 Å². The molecule has 0 unspecified atom stereocenters. The van der Waals surface area contributed by atoms with Gasteiger partial charge in [-0.2, -0.15) is 0 Å². The molecule has 0 N–H and O–H groups in total. The third-order valence-electron chi connectivity index (χ3n) is 4.56. The Morgan fingerprint density at radius 1 is 1.24 bits per heavy atom. The molecule has 1 aromatic heterocycles. The molecular formula is C17H20N2OS. The van der Waals surface area contributed by atoms with E-state index in [-0.39, 0.29) is 5.60 Å². The van der Waals surface area contributed by atoms with Crippen molar-refractivity contribution in [1.29, 1.82) is 0 Å². The van der Waals surface area contributed by atoms with E-state index in [2.05, 4.69) is 42.2 Å². The predicted molar refractivity (Wildman–Crippen MR) is 88.1 cm³/mol. The Hall–Kier alpha value is -1.39. The zero-order chi connectivity index (χ0) is 14.3. The fraction of sp³-hybridized carbons (Fsp3) is 0.471. The highest BCUT2D eigenvalue weighted by Crippen LogP contribution is 2.36. The molecule has 0 aliphatic carbocycles. The van der Waals surface area contributed by atoms with Gasteiger partial charge in [0.05, 0.1) is 22.4 Å². The average Bonchev–Trinajstić information content (AvgIpc) is 2.91. The largest absolute Gasteiger partial charge is 0.370 e. The topological polar surface area (TPSA) is 25.4 Å². The van der Waals surface area contributed by atoms with Crippen molar-refractivity contribution in [2.24, 2.45) is 0 Å². The molecule has 110 valence electrons. The van der Waals surface area contributed by atoms with Crippen LogP contribution in [0.15, 0.2) is 35.9 Å². The smallest absolute Gasteiger partial charge is 0.186 e. The Morgan fingerprint density at radius 2 is 2.05 bits per heavy atom. The molecule has 1 aromatic carbocycles. The molecule has 2 aliphatic rings. The highest BCUT2D eigenvalue weighted by molar-refractivity contribution is 7.22. The maximum atomic E-state index is 6.10. The highest BCUT2D eigenvalue weighted by atomic mass is 32.1. The molecule has 0 atom stereocenters. The van der Waals surface area contributed by atoms with Gasteiger partial charge in [0.2, 0.25) is 0 Å². The molecule has 4 heteroatoms. The van der Waals surface area contributed by atoms with Crippen LogP contribution in [-0.2, 0) is 4.74 Å². The van der Waals surface area contributed by atoms with Crippen LogP contribution in [0, 0.1) is 0 Å². The summed E-state index contributed by atoms with van der Waals surface area (Å²) in [5, 5.41) is 1.16. The van der Waals surface area contributed by atoms with Gasteiger partial charge in [-0.1, -0.05) is 35.1 Å². The van der Waals surface area contributed by atoms with Gasteiger partial charge in [0, 0.05) is 13.1 Å². The number of piperidine rings is 1. The molecule has 4 rings (SSSR count). The molecule has 0 radical (unpaired) electrons. The number of hydrogen-bond donors (Lipinski definition) is 0.